The van der Waals surface area contributed by atoms with Gasteiger partial charge >= 0.3 is 12.1 Å². The summed E-state index contributed by atoms with van der Waals surface area (Å²) in [6.07, 6.45) is -2.22. The number of hydrogen-bond acceptors (Lipinski definition) is 5. The first-order valence-electron chi connectivity index (χ1n) is 9.40. The standard InChI is InChI=1S/C20H18N4O.C2HF3O2/c25-19(15-4-2-1-3-5-15)12-22-20-11-18(23-13-24-20)16-7-6-14-8-9-21-17(14)10-16;3-2(4,5)1(6)7/h1-11,13,19,21,25H,12H2,(H,22,23,24);(H,6,7)/t19-;/m0./s1. The van der Waals surface area contributed by atoms with Gasteiger partial charge in [0.05, 0.1) is 11.8 Å². The summed E-state index contributed by atoms with van der Waals surface area (Å²) in [7, 11) is 0. The number of alkyl halides is 3. The number of aliphatic carboxylic acids is 1. The number of aliphatic hydroxyl groups excluding tert-OH is 1. The number of carbonyl (C=O) groups is 1. The Bertz CT molecular complexity index is 1180. The van der Waals surface area contributed by atoms with Crippen LogP contribution in [0.1, 0.15) is 11.7 Å². The molecule has 0 unspecified atom stereocenters. The lowest BCUT2D eigenvalue weighted by molar-refractivity contribution is -0.192. The summed E-state index contributed by atoms with van der Waals surface area (Å²) < 4.78 is 31.7. The fourth-order valence-electron chi connectivity index (χ4n) is 2.81. The van der Waals surface area contributed by atoms with Crippen molar-refractivity contribution in [3.63, 3.8) is 0 Å². The van der Waals surface area contributed by atoms with Gasteiger partial charge < -0.3 is 20.5 Å². The maximum Gasteiger partial charge on any atom is 0.490 e. The van der Waals surface area contributed by atoms with Gasteiger partial charge in [0.1, 0.15) is 12.1 Å². The van der Waals surface area contributed by atoms with Gasteiger partial charge in [-0.2, -0.15) is 13.2 Å². The second-order valence-electron chi connectivity index (χ2n) is 6.68. The number of aliphatic hydroxyl groups is 1. The lowest BCUT2D eigenvalue weighted by atomic mass is 10.1. The first-order valence-corrected chi connectivity index (χ1v) is 9.40. The highest BCUT2D eigenvalue weighted by Crippen LogP contribution is 2.23. The molecule has 0 amide bonds. The third-order valence-electron chi connectivity index (χ3n) is 4.42. The van der Waals surface area contributed by atoms with Gasteiger partial charge in [-0.1, -0.05) is 42.5 Å². The van der Waals surface area contributed by atoms with Crippen LogP contribution in [0.15, 0.2) is 73.2 Å². The van der Waals surface area contributed by atoms with Gasteiger partial charge in [-0.05, 0) is 23.1 Å². The number of rotatable bonds is 5. The highest BCUT2D eigenvalue weighted by molar-refractivity contribution is 5.84. The fourth-order valence-corrected chi connectivity index (χ4v) is 2.81. The van der Waals surface area contributed by atoms with Gasteiger partial charge in [0.25, 0.3) is 0 Å². The Morgan fingerprint density at radius 2 is 1.78 bits per heavy atom. The van der Waals surface area contributed by atoms with E-state index in [0.717, 1.165) is 22.3 Å². The molecule has 10 heteroatoms. The molecule has 2 heterocycles. The zero-order chi connectivity index (χ0) is 23.1. The Kier molecular flexibility index (Phi) is 7.06. The Hall–Kier alpha value is -3.92. The van der Waals surface area contributed by atoms with Gasteiger partial charge in [0.2, 0.25) is 0 Å². The molecule has 0 aliphatic rings. The first-order chi connectivity index (χ1) is 15.2. The molecule has 0 saturated carbocycles. The van der Waals surface area contributed by atoms with E-state index in [9.17, 15) is 18.3 Å². The predicted octanol–water partition coefficient (Wildman–Crippen LogP) is 4.40. The Balaban J connectivity index is 0.000000360. The number of aromatic nitrogens is 3. The van der Waals surface area contributed by atoms with E-state index in [1.54, 1.807) is 0 Å². The number of H-pyrrole nitrogens is 1. The van der Waals surface area contributed by atoms with Gasteiger partial charge in [-0.25, -0.2) is 14.8 Å². The van der Waals surface area contributed by atoms with Crippen LogP contribution in [0.2, 0.25) is 0 Å². The van der Waals surface area contributed by atoms with Crippen LogP contribution in [0.4, 0.5) is 19.0 Å². The molecule has 7 nitrogen and oxygen atoms in total. The van der Waals surface area contributed by atoms with E-state index < -0.39 is 18.2 Å². The second kappa shape index (κ2) is 9.92. The molecule has 166 valence electrons. The minimum Gasteiger partial charge on any atom is -0.475 e. The van der Waals surface area contributed by atoms with E-state index in [-0.39, 0.29) is 0 Å². The van der Waals surface area contributed by atoms with Gasteiger partial charge in [0, 0.05) is 29.9 Å². The molecular formula is C22H19F3N4O3. The molecule has 0 fully saturated rings. The number of hydrogen-bond donors (Lipinski definition) is 4. The van der Waals surface area contributed by atoms with E-state index in [4.69, 9.17) is 9.90 Å². The molecule has 0 aliphatic heterocycles. The topological polar surface area (TPSA) is 111 Å². The molecule has 2 aromatic carbocycles. The van der Waals surface area contributed by atoms with Crippen LogP contribution in [0.25, 0.3) is 22.2 Å². The predicted molar refractivity (Wildman–Crippen MR) is 113 cm³/mol. The molecule has 4 aromatic rings. The summed E-state index contributed by atoms with van der Waals surface area (Å²) in [5.74, 6) is -2.07. The quantitative estimate of drug-likeness (QED) is 0.363. The number of nitrogens with one attached hydrogen (secondary N) is 2. The number of benzene rings is 2. The summed E-state index contributed by atoms with van der Waals surface area (Å²) in [5, 5.41) is 21.7. The molecule has 32 heavy (non-hydrogen) atoms. The van der Waals surface area contributed by atoms with Gasteiger partial charge in [-0.15, -0.1) is 0 Å². The molecule has 0 bridgehead atoms. The van der Waals surface area contributed by atoms with Gasteiger partial charge in [-0.3, -0.25) is 0 Å². The van der Waals surface area contributed by atoms with Crippen LogP contribution in [0.5, 0.6) is 0 Å². The van der Waals surface area contributed by atoms with Crippen LogP contribution in [-0.4, -0.2) is 43.9 Å². The van der Waals surface area contributed by atoms with Crippen molar-refractivity contribution in [2.24, 2.45) is 0 Å². The van der Waals surface area contributed by atoms with Crippen LogP contribution in [0.3, 0.4) is 0 Å². The number of anilines is 1. The zero-order valence-electron chi connectivity index (χ0n) is 16.5. The van der Waals surface area contributed by atoms with Crippen molar-refractivity contribution in [2.75, 3.05) is 11.9 Å². The summed E-state index contributed by atoms with van der Waals surface area (Å²) in [6, 6.07) is 19.7. The molecule has 1 atom stereocenters. The lowest BCUT2D eigenvalue weighted by Gasteiger charge is -2.13. The Labute approximate surface area is 180 Å². The molecule has 0 radical (unpaired) electrons. The molecule has 0 spiro atoms. The van der Waals surface area contributed by atoms with Crippen molar-refractivity contribution in [2.45, 2.75) is 12.3 Å². The van der Waals surface area contributed by atoms with Crippen LogP contribution >= 0.6 is 0 Å². The average molecular weight is 444 g/mol. The van der Waals surface area contributed by atoms with Crippen molar-refractivity contribution in [3.05, 3.63) is 78.8 Å². The third kappa shape index (κ3) is 6.05. The fraction of sp³-hybridized carbons (Fsp3) is 0.136. The number of carboxylic acids is 1. The molecule has 0 aliphatic carbocycles. The van der Waals surface area contributed by atoms with E-state index in [2.05, 4.69) is 32.4 Å². The van der Waals surface area contributed by atoms with Gasteiger partial charge in [0.15, 0.2) is 0 Å². The number of carboxylic acid groups (broad SMARTS) is 1. The van der Waals surface area contributed by atoms with E-state index in [0.29, 0.717) is 12.4 Å². The average Bonchev–Trinajstić information content (AvgIpc) is 3.26. The van der Waals surface area contributed by atoms with Crippen molar-refractivity contribution in [3.8, 4) is 11.3 Å². The molecule has 0 saturated heterocycles. The van der Waals surface area contributed by atoms with Crippen LogP contribution < -0.4 is 5.32 Å². The maximum atomic E-state index is 10.6. The lowest BCUT2D eigenvalue weighted by Crippen LogP contribution is -2.21. The largest absolute Gasteiger partial charge is 0.490 e. The summed E-state index contributed by atoms with van der Waals surface area (Å²) in [4.78, 5) is 20.7. The number of fused-ring (bicyclic) bond motifs is 1. The van der Waals surface area contributed by atoms with Crippen molar-refractivity contribution >= 4 is 22.7 Å². The summed E-state index contributed by atoms with van der Waals surface area (Å²) in [6.45, 7) is 0.385. The first kappa shape index (κ1) is 22.8. The smallest absolute Gasteiger partial charge is 0.475 e. The summed E-state index contributed by atoms with van der Waals surface area (Å²) >= 11 is 0. The van der Waals surface area contributed by atoms with Crippen molar-refractivity contribution in [1.82, 2.24) is 15.0 Å². The van der Waals surface area contributed by atoms with Crippen molar-refractivity contribution in [1.29, 1.82) is 0 Å². The monoisotopic (exact) mass is 444 g/mol. The maximum absolute atomic E-state index is 10.6. The highest BCUT2D eigenvalue weighted by Gasteiger charge is 2.38. The minimum absolute atomic E-state index is 0.385. The normalized spacial score (nSPS) is 12.0. The molecule has 2 aromatic heterocycles. The number of nitrogens with zero attached hydrogens (tertiary/aromatic N) is 2. The second-order valence-corrected chi connectivity index (χ2v) is 6.68. The Morgan fingerprint density at radius 3 is 2.47 bits per heavy atom. The van der Waals surface area contributed by atoms with Crippen molar-refractivity contribution < 1.29 is 28.2 Å². The molecular weight excluding hydrogens is 425 g/mol. The van der Waals surface area contributed by atoms with E-state index in [1.165, 1.54) is 11.7 Å². The Morgan fingerprint density at radius 1 is 1.06 bits per heavy atom. The third-order valence-corrected chi connectivity index (χ3v) is 4.42. The van der Waals surface area contributed by atoms with E-state index in [1.807, 2.05) is 54.7 Å². The minimum atomic E-state index is -5.08. The van der Waals surface area contributed by atoms with Crippen LogP contribution in [0, 0.1) is 0 Å². The molecule has 4 rings (SSSR count). The summed E-state index contributed by atoms with van der Waals surface area (Å²) in [5.41, 5.74) is 3.80. The zero-order valence-corrected chi connectivity index (χ0v) is 16.5. The number of halogens is 3. The number of aromatic amines is 1. The van der Waals surface area contributed by atoms with E-state index >= 15 is 0 Å². The molecule has 4 N–H and O–H groups in total. The highest BCUT2D eigenvalue weighted by atomic mass is 19.4. The SMILES string of the molecule is O=C(O)C(F)(F)F.O[C@@H](CNc1cc(-c2ccc3cc[nH]c3c2)ncn1)c1ccccc1. The van der Waals surface area contributed by atoms with Crippen LogP contribution in [-0.2, 0) is 4.79 Å².